The highest BCUT2D eigenvalue weighted by atomic mass is 19.1. The van der Waals surface area contributed by atoms with Gasteiger partial charge in [-0.15, -0.1) is 0 Å². The number of hydrogen-bond donors (Lipinski definition) is 2. The van der Waals surface area contributed by atoms with E-state index in [1.165, 1.54) is 6.07 Å². The molecule has 0 saturated carbocycles. The van der Waals surface area contributed by atoms with Gasteiger partial charge in [0.05, 0.1) is 35.0 Å². The summed E-state index contributed by atoms with van der Waals surface area (Å²) in [5, 5.41) is 5.52. The van der Waals surface area contributed by atoms with Gasteiger partial charge in [-0.05, 0) is 29.7 Å². The molecule has 1 fully saturated rings. The first-order valence-electron chi connectivity index (χ1n) is 10.00. The Hall–Kier alpha value is -3.68. The number of carbonyl (C=O) groups excluding carboxylic acids is 2. The molecular formula is C23H18F2N4O2. The number of rotatable bonds is 4. The van der Waals surface area contributed by atoms with Gasteiger partial charge in [-0.3, -0.25) is 9.59 Å². The highest BCUT2D eigenvalue weighted by molar-refractivity contribution is 5.99. The summed E-state index contributed by atoms with van der Waals surface area (Å²) in [6.45, 7) is 0.852. The van der Waals surface area contributed by atoms with E-state index in [0.717, 1.165) is 29.7 Å². The van der Waals surface area contributed by atoms with Crippen LogP contribution in [-0.2, 0) is 17.8 Å². The van der Waals surface area contributed by atoms with Crippen molar-refractivity contribution in [3.63, 3.8) is 0 Å². The summed E-state index contributed by atoms with van der Waals surface area (Å²) in [6.07, 6.45) is 1.05. The lowest BCUT2D eigenvalue weighted by Gasteiger charge is -2.11. The molecule has 2 aromatic carbocycles. The Morgan fingerprint density at radius 3 is 2.35 bits per heavy atom. The molecule has 2 aliphatic rings. The molecule has 2 N–H and O–H groups in total. The van der Waals surface area contributed by atoms with Crippen molar-refractivity contribution in [3.05, 3.63) is 82.2 Å². The van der Waals surface area contributed by atoms with Crippen molar-refractivity contribution < 1.29 is 18.4 Å². The number of hydrogen-bond acceptors (Lipinski definition) is 4. The van der Waals surface area contributed by atoms with Crippen LogP contribution in [0.15, 0.2) is 42.5 Å². The molecule has 5 rings (SSSR count). The summed E-state index contributed by atoms with van der Waals surface area (Å²) < 4.78 is 28.6. The molecule has 156 valence electrons. The summed E-state index contributed by atoms with van der Waals surface area (Å²) in [5.41, 5.74) is 2.66. The normalized spacial score (nSPS) is 17.4. The number of nitrogens with one attached hydrogen (secondary N) is 2. The summed E-state index contributed by atoms with van der Waals surface area (Å²) in [4.78, 5) is 32.9. The second kappa shape index (κ2) is 7.54. The molecule has 1 aromatic heterocycles. The molecule has 31 heavy (non-hydrogen) atoms. The van der Waals surface area contributed by atoms with Gasteiger partial charge in [0.2, 0.25) is 5.91 Å². The first-order chi connectivity index (χ1) is 15.0. The number of fused-ring (bicyclic) bond motifs is 1. The lowest BCUT2D eigenvalue weighted by atomic mass is 9.95. The molecule has 1 atom stereocenters. The van der Waals surface area contributed by atoms with Gasteiger partial charge in [-0.25, -0.2) is 18.7 Å². The predicted octanol–water partition coefficient (Wildman–Crippen LogP) is 2.86. The molecule has 0 radical (unpaired) electrons. The van der Waals surface area contributed by atoms with E-state index < -0.39 is 11.6 Å². The van der Waals surface area contributed by atoms with Crippen LogP contribution in [0.1, 0.15) is 45.2 Å². The van der Waals surface area contributed by atoms with Crippen LogP contribution in [0.5, 0.6) is 0 Å². The Morgan fingerprint density at radius 2 is 1.68 bits per heavy atom. The fourth-order valence-electron chi connectivity index (χ4n) is 4.13. The van der Waals surface area contributed by atoms with Gasteiger partial charge < -0.3 is 10.6 Å². The number of amides is 2. The molecule has 2 aliphatic heterocycles. The predicted molar refractivity (Wildman–Crippen MR) is 108 cm³/mol. The van der Waals surface area contributed by atoms with Gasteiger partial charge in [-0.2, -0.15) is 0 Å². The van der Waals surface area contributed by atoms with Crippen LogP contribution in [0.25, 0.3) is 11.4 Å². The quantitative estimate of drug-likeness (QED) is 0.680. The highest BCUT2D eigenvalue weighted by Gasteiger charge is 2.28. The van der Waals surface area contributed by atoms with E-state index in [9.17, 15) is 18.4 Å². The summed E-state index contributed by atoms with van der Waals surface area (Å²) in [7, 11) is 0. The van der Waals surface area contributed by atoms with E-state index >= 15 is 0 Å². The number of nitrogens with zero attached hydrogens (tertiary/aromatic N) is 2. The van der Waals surface area contributed by atoms with Crippen LogP contribution in [0.4, 0.5) is 8.78 Å². The van der Waals surface area contributed by atoms with E-state index in [0.29, 0.717) is 29.9 Å². The maximum absolute atomic E-state index is 14.3. The van der Waals surface area contributed by atoms with Gasteiger partial charge in [0.25, 0.3) is 5.91 Å². The maximum Gasteiger partial charge on any atom is 0.255 e. The van der Waals surface area contributed by atoms with Crippen LogP contribution in [0.3, 0.4) is 0 Å². The molecule has 0 spiro atoms. The molecule has 1 saturated heterocycles. The smallest absolute Gasteiger partial charge is 0.255 e. The molecule has 3 heterocycles. The second-order valence-electron chi connectivity index (χ2n) is 7.65. The van der Waals surface area contributed by atoms with Gasteiger partial charge in [-0.1, -0.05) is 30.3 Å². The number of aromatic nitrogens is 2. The first-order valence-corrected chi connectivity index (χ1v) is 10.00. The zero-order valence-corrected chi connectivity index (χ0v) is 16.4. The highest BCUT2D eigenvalue weighted by Crippen LogP contribution is 2.28. The average Bonchev–Trinajstić information content (AvgIpc) is 3.34. The van der Waals surface area contributed by atoms with E-state index in [-0.39, 0.29) is 35.7 Å². The van der Waals surface area contributed by atoms with Crippen molar-refractivity contribution in [2.24, 2.45) is 0 Å². The third kappa shape index (κ3) is 3.43. The Morgan fingerprint density at radius 1 is 0.935 bits per heavy atom. The van der Waals surface area contributed by atoms with E-state index in [2.05, 4.69) is 20.6 Å². The lowest BCUT2D eigenvalue weighted by Crippen LogP contribution is -2.17. The Kier molecular flexibility index (Phi) is 4.69. The summed E-state index contributed by atoms with van der Waals surface area (Å²) >= 11 is 0. The molecular weight excluding hydrogens is 402 g/mol. The average molecular weight is 420 g/mol. The fourth-order valence-corrected chi connectivity index (χ4v) is 4.13. The monoisotopic (exact) mass is 420 g/mol. The zero-order valence-electron chi connectivity index (χ0n) is 16.4. The van der Waals surface area contributed by atoms with Crippen molar-refractivity contribution in [2.75, 3.05) is 6.54 Å². The lowest BCUT2D eigenvalue weighted by molar-refractivity contribution is -0.120. The van der Waals surface area contributed by atoms with Crippen LogP contribution in [0.2, 0.25) is 0 Å². The van der Waals surface area contributed by atoms with Crippen LogP contribution < -0.4 is 10.6 Å². The molecule has 0 bridgehead atoms. The van der Waals surface area contributed by atoms with E-state index in [4.69, 9.17) is 0 Å². The molecule has 3 aromatic rings. The number of halogens is 2. The first kappa shape index (κ1) is 19.3. The Bertz CT molecular complexity index is 1190. The topological polar surface area (TPSA) is 84.0 Å². The van der Waals surface area contributed by atoms with Crippen molar-refractivity contribution in [1.82, 2.24) is 20.6 Å². The fraction of sp³-hybridized carbons (Fsp3) is 0.217. The summed E-state index contributed by atoms with van der Waals surface area (Å²) in [6, 6.07) is 11.1. The molecule has 6 nitrogen and oxygen atoms in total. The van der Waals surface area contributed by atoms with Gasteiger partial charge >= 0.3 is 0 Å². The van der Waals surface area contributed by atoms with Gasteiger partial charge in [0.1, 0.15) is 11.6 Å². The Labute approximate surface area is 176 Å². The number of benzene rings is 2. The molecule has 8 heteroatoms. The second-order valence-corrected chi connectivity index (χ2v) is 7.65. The summed E-state index contributed by atoms with van der Waals surface area (Å²) in [5.74, 6) is -2.04. The van der Waals surface area contributed by atoms with Crippen molar-refractivity contribution in [1.29, 1.82) is 0 Å². The van der Waals surface area contributed by atoms with Crippen LogP contribution >= 0.6 is 0 Å². The third-order valence-corrected chi connectivity index (χ3v) is 5.69. The number of carbonyl (C=O) groups is 2. The maximum atomic E-state index is 14.3. The standard InChI is InChI=1S/C23H18F2N4O2/c24-15-2-1-3-16(25)19(15)21-28-17(20-18(29-21)11-27-23(20)31)10-12-4-6-13(7-5-12)14-8-9-26-22(14)30/h1-7,14H,8-11H2,(H,26,30)(H,27,31). The minimum absolute atomic E-state index is 0.0228. The molecule has 0 aliphatic carbocycles. The Balaban J connectivity index is 1.52. The van der Waals surface area contributed by atoms with E-state index in [1.54, 1.807) is 0 Å². The van der Waals surface area contributed by atoms with Crippen molar-refractivity contribution in [2.45, 2.75) is 25.3 Å². The SMILES string of the molecule is O=C1NCc2nc(-c3c(F)cccc3F)nc(Cc3ccc(C4CCNC4=O)cc3)c21. The zero-order chi connectivity index (χ0) is 21.5. The van der Waals surface area contributed by atoms with Gasteiger partial charge in [0, 0.05) is 13.0 Å². The molecule has 1 unspecified atom stereocenters. The molecule has 2 amide bonds. The largest absolute Gasteiger partial charge is 0.356 e. The van der Waals surface area contributed by atoms with Gasteiger partial charge in [0.15, 0.2) is 5.82 Å². The van der Waals surface area contributed by atoms with Crippen LogP contribution in [-0.4, -0.2) is 28.3 Å². The minimum Gasteiger partial charge on any atom is -0.356 e. The van der Waals surface area contributed by atoms with Crippen molar-refractivity contribution in [3.8, 4) is 11.4 Å². The van der Waals surface area contributed by atoms with E-state index in [1.807, 2.05) is 24.3 Å². The minimum atomic E-state index is -0.762. The third-order valence-electron chi connectivity index (χ3n) is 5.69. The van der Waals surface area contributed by atoms with Crippen molar-refractivity contribution >= 4 is 11.8 Å². The van der Waals surface area contributed by atoms with Crippen LogP contribution in [0, 0.1) is 11.6 Å².